The molecule has 1 aliphatic heterocycles. The fourth-order valence-corrected chi connectivity index (χ4v) is 2.85. The van der Waals surface area contributed by atoms with Crippen LogP contribution in [0.4, 0.5) is 0 Å². The van der Waals surface area contributed by atoms with Crippen LogP contribution in [0.5, 0.6) is 5.75 Å². The molecule has 1 aromatic heterocycles. The lowest BCUT2D eigenvalue weighted by Gasteiger charge is -2.10. The van der Waals surface area contributed by atoms with Crippen molar-refractivity contribution in [2.75, 3.05) is 13.1 Å². The molecule has 1 aliphatic rings. The van der Waals surface area contributed by atoms with Crippen LogP contribution in [0.3, 0.4) is 0 Å². The van der Waals surface area contributed by atoms with Gasteiger partial charge in [-0.2, -0.15) is 0 Å². The van der Waals surface area contributed by atoms with Crippen LogP contribution in [0.25, 0.3) is 10.3 Å². The number of fused-ring (bicyclic) bond motifs is 1. The minimum Gasteiger partial charge on any atom is -0.508 e. The van der Waals surface area contributed by atoms with Crippen molar-refractivity contribution in [2.45, 2.75) is 12.3 Å². The van der Waals surface area contributed by atoms with Crippen molar-refractivity contribution in [3.63, 3.8) is 0 Å². The van der Waals surface area contributed by atoms with Gasteiger partial charge in [0.2, 0.25) is 0 Å². The van der Waals surface area contributed by atoms with E-state index in [9.17, 15) is 9.90 Å². The molecule has 1 fully saturated rings. The second-order valence-corrected chi connectivity index (χ2v) is 4.98. The van der Waals surface area contributed by atoms with Crippen molar-refractivity contribution in [3.8, 4) is 5.75 Å². The van der Waals surface area contributed by atoms with Gasteiger partial charge in [-0.15, -0.1) is 0 Å². The molecule has 84 valence electrons. The van der Waals surface area contributed by atoms with Crippen molar-refractivity contribution in [3.05, 3.63) is 27.4 Å². The summed E-state index contributed by atoms with van der Waals surface area (Å²) in [5, 5.41) is 13.2. The molecule has 0 spiro atoms. The van der Waals surface area contributed by atoms with Crippen LogP contribution in [0.1, 0.15) is 17.9 Å². The standard InChI is InChI=1S/C11H11NO3S/c13-8-4-10-9(15-11(14)16-10)3-7(8)6-1-2-12-5-6/h3-4,6,12-13H,1-2,5H2. The molecule has 3 rings (SSSR count). The molecule has 0 amide bonds. The van der Waals surface area contributed by atoms with E-state index in [-0.39, 0.29) is 10.7 Å². The topological polar surface area (TPSA) is 62.5 Å². The van der Waals surface area contributed by atoms with Gasteiger partial charge in [-0.25, -0.2) is 4.79 Å². The molecule has 0 aliphatic carbocycles. The lowest BCUT2D eigenvalue weighted by Crippen LogP contribution is -2.07. The zero-order valence-corrected chi connectivity index (χ0v) is 9.34. The molecular weight excluding hydrogens is 226 g/mol. The normalized spacial score (nSPS) is 20.6. The van der Waals surface area contributed by atoms with E-state index < -0.39 is 0 Å². The van der Waals surface area contributed by atoms with E-state index >= 15 is 0 Å². The molecule has 0 saturated carbocycles. The van der Waals surface area contributed by atoms with E-state index in [1.54, 1.807) is 12.1 Å². The lowest BCUT2D eigenvalue weighted by molar-refractivity contribution is 0.463. The van der Waals surface area contributed by atoms with Crippen LogP contribution < -0.4 is 10.3 Å². The Morgan fingerprint density at radius 3 is 3.12 bits per heavy atom. The minimum absolute atomic E-state index is 0.262. The first-order chi connectivity index (χ1) is 7.74. The Bertz CT molecular complexity index is 580. The van der Waals surface area contributed by atoms with E-state index in [2.05, 4.69) is 5.32 Å². The number of nitrogens with one attached hydrogen (secondary N) is 1. The molecule has 2 N–H and O–H groups in total. The Labute approximate surface area is 95.5 Å². The highest BCUT2D eigenvalue weighted by atomic mass is 32.1. The first-order valence-corrected chi connectivity index (χ1v) is 6.03. The van der Waals surface area contributed by atoms with Crippen LogP contribution in [0.15, 0.2) is 21.3 Å². The summed E-state index contributed by atoms with van der Waals surface area (Å²) in [5.41, 5.74) is 1.45. The van der Waals surface area contributed by atoms with Crippen LogP contribution >= 0.6 is 11.3 Å². The zero-order chi connectivity index (χ0) is 11.1. The van der Waals surface area contributed by atoms with Crippen molar-refractivity contribution in [2.24, 2.45) is 0 Å². The van der Waals surface area contributed by atoms with E-state index in [1.807, 2.05) is 0 Å². The molecule has 2 heterocycles. The van der Waals surface area contributed by atoms with Crippen LogP contribution in [0, 0.1) is 0 Å². The summed E-state index contributed by atoms with van der Waals surface area (Å²) in [6.07, 6.45) is 1.01. The van der Waals surface area contributed by atoms with Gasteiger partial charge in [0.05, 0.1) is 4.70 Å². The average molecular weight is 237 g/mol. The molecule has 0 bridgehead atoms. The van der Waals surface area contributed by atoms with Gasteiger partial charge in [-0.3, -0.25) is 0 Å². The minimum atomic E-state index is -0.323. The molecule has 1 aromatic carbocycles. The Kier molecular flexibility index (Phi) is 2.22. The quantitative estimate of drug-likeness (QED) is 0.791. The maximum atomic E-state index is 11.1. The fraction of sp³-hybridized carbons (Fsp3) is 0.364. The van der Waals surface area contributed by atoms with E-state index in [1.165, 1.54) is 0 Å². The third kappa shape index (κ3) is 1.52. The maximum Gasteiger partial charge on any atom is 0.396 e. The summed E-state index contributed by atoms with van der Waals surface area (Å²) in [6, 6.07) is 3.42. The highest BCUT2D eigenvalue weighted by Crippen LogP contribution is 2.34. The molecule has 1 atom stereocenters. The highest BCUT2D eigenvalue weighted by Gasteiger charge is 2.21. The SMILES string of the molecule is O=c1oc2cc(C3CCNC3)c(O)cc2s1. The predicted octanol–water partition coefficient (Wildman–Crippen LogP) is 1.64. The van der Waals surface area contributed by atoms with Crippen LogP contribution in [-0.4, -0.2) is 18.2 Å². The van der Waals surface area contributed by atoms with Crippen LogP contribution in [0.2, 0.25) is 0 Å². The molecular formula is C11H11NO3S. The molecule has 1 unspecified atom stereocenters. The van der Waals surface area contributed by atoms with E-state index in [0.29, 0.717) is 16.2 Å². The molecule has 4 nitrogen and oxygen atoms in total. The summed E-state index contributed by atoms with van der Waals surface area (Å²) >= 11 is 1.02. The Balaban J connectivity index is 2.16. The molecule has 2 aromatic rings. The van der Waals surface area contributed by atoms with Crippen molar-refractivity contribution < 1.29 is 9.52 Å². The number of benzene rings is 1. The van der Waals surface area contributed by atoms with Gasteiger partial charge in [0.1, 0.15) is 11.3 Å². The number of hydrogen-bond acceptors (Lipinski definition) is 5. The summed E-state index contributed by atoms with van der Waals surface area (Å²) in [6.45, 7) is 1.84. The predicted molar refractivity (Wildman–Crippen MR) is 62.3 cm³/mol. The average Bonchev–Trinajstić information content (AvgIpc) is 2.83. The van der Waals surface area contributed by atoms with Crippen molar-refractivity contribution >= 4 is 21.6 Å². The number of phenols is 1. The summed E-state index contributed by atoms with van der Waals surface area (Å²) in [5.74, 6) is 0.577. The molecule has 1 saturated heterocycles. The van der Waals surface area contributed by atoms with Gasteiger partial charge in [0.15, 0.2) is 0 Å². The number of hydrogen-bond donors (Lipinski definition) is 2. The summed E-state index contributed by atoms with van der Waals surface area (Å²) in [7, 11) is 0. The molecule has 5 heteroatoms. The van der Waals surface area contributed by atoms with E-state index in [4.69, 9.17) is 4.42 Å². The Morgan fingerprint density at radius 2 is 2.38 bits per heavy atom. The van der Waals surface area contributed by atoms with Crippen molar-refractivity contribution in [1.82, 2.24) is 5.32 Å². The van der Waals surface area contributed by atoms with Gasteiger partial charge >= 0.3 is 4.94 Å². The van der Waals surface area contributed by atoms with Gasteiger partial charge in [-0.05, 0) is 19.0 Å². The number of rotatable bonds is 1. The first kappa shape index (κ1) is 9.86. The summed E-state index contributed by atoms with van der Waals surface area (Å²) < 4.78 is 5.76. The third-order valence-corrected chi connectivity index (χ3v) is 3.77. The summed E-state index contributed by atoms with van der Waals surface area (Å²) in [4.78, 5) is 10.8. The maximum absolute atomic E-state index is 11.1. The highest BCUT2D eigenvalue weighted by molar-refractivity contribution is 7.16. The number of phenolic OH excluding ortho intramolecular Hbond substituents is 1. The molecule has 0 radical (unpaired) electrons. The second-order valence-electron chi connectivity index (χ2n) is 4.00. The fourth-order valence-electron chi connectivity index (χ4n) is 2.17. The molecule has 16 heavy (non-hydrogen) atoms. The van der Waals surface area contributed by atoms with E-state index in [0.717, 1.165) is 36.4 Å². The number of aromatic hydroxyl groups is 1. The first-order valence-electron chi connectivity index (χ1n) is 5.21. The Hall–Kier alpha value is -1.33. The largest absolute Gasteiger partial charge is 0.508 e. The monoisotopic (exact) mass is 237 g/mol. The smallest absolute Gasteiger partial charge is 0.396 e. The van der Waals surface area contributed by atoms with Gasteiger partial charge in [0, 0.05) is 24.1 Å². The van der Waals surface area contributed by atoms with Crippen molar-refractivity contribution in [1.29, 1.82) is 0 Å². The van der Waals surface area contributed by atoms with Crippen LogP contribution in [-0.2, 0) is 0 Å². The zero-order valence-electron chi connectivity index (χ0n) is 8.53. The lowest BCUT2D eigenvalue weighted by atomic mass is 9.97. The van der Waals surface area contributed by atoms with Gasteiger partial charge < -0.3 is 14.8 Å². The van der Waals surface area contributed by atoms with Gasteiger partial charge in [0.25, 0.3) is 0 Å². The second kappa shape index (κ2) is 3.61. The van der Waals surface area contributed by atoms with Gasteiger partial charge in [-0.1, -0.05) is 11.3 Å². The Morgan fingerprint density at radius 1 is 1.50 bits per heavy atom. The third-order valence-electron chi connectivity index (χ3n) is 2.98.